The summed E-state index contributed by atoms with van der Waals surface area (Å²) < 4.78 is 32.2. The molecule has 10 heteroatoms. The summed E-state index contributed by atoms with van der Waals surface area (Å²) in [7, 11) is -0.309. The zero-order valence-corrected chi connectivity index (χ0v) is 24.8. The number of nitrogens with zero attached hydrogens (tertiary/aromatic N) is 1. The minimum absolute atomic E-state index is 0.0584. The van der Waals surface area contributed by atoms with Crippen LogP contribution in [0.25, 0.3) is 0 Å². The number of rotatable bonds is 12. The predicted octanol–water partition coefficient (Wildman–Crippen LogP) is 2.30. The van der Waals surface area contributed by atoms with Gasteiger partial charge < -0.3 is 25.8 Å². The van der Waals surface area contributed by atoms with Crippen molar-refractivity contribution in [3.05, 3.63) is 89.0 Å². The number of anilines is 2. The van der Waals surface area contributed by atoms with E-state index in [1.165, 1.54) is 11.4 Å². The molecule has 0 aromatic heterocycles. The Labute approximate surface area is 243 Å². The Morgan fingerprint density at radius 1 is 1.10 bits per heavy atom. The van der Waals surface area contributed by atoms with Crippen LogP contribution in [-0.2, 0) is 29.4 Å². The van der Waals surface area contributed by atoms with E-state index in [1.807, 2.05) is 66.8 Å². The molecule has 5 N–H and O–H groups in total. The molecule has 0 radical (unpaired) electrons. The van der Waals surface area contributed by atoms with Crippen LogP contribution in [0.2, 0.25) is 0 Å². The summed E-state index contributed by atoms with van der Waals surface area (Å²) in [5.74, 6) is 0.472. The summed E-state index contributed by atoms with van der Waals surface area (Å²) in [6, 6.07) is 20.4. The van der Waals surface area contributed by atoms with E-state index in [0.29, 0.717) is 50.1 Å². The Hall–Kier alpha value is -3.60. The van der Waals surface area contributed by atoms with Gasteiger partial charge in [0.25, 0.3) is 5.91 Å². The topological polar surface area (TPSA) is 125 Å². The van der Waals surface area contributed by atoms with Gasteiger partial charge in [0.15, 0.2) is 0 Å². The van der Waals surface area contributed by atoms with Gasteiger partial charge in [-0.25, -0.2) is 8.42 Å². The number of quaternary nitrogens is 1. The number of amides is 1. The van der Waals surface area contributed by atoms with Crippen molar-refractivity contribution < 1.29 is 28.4 Å². The van der Waals surface area contributed by atoms with Gasteiger partial charge in [-0.1, -0.05) is 42.5 Å². The Morgan fingerprint density at radius 2 is 1.85 bits per heavy atom. The summed E-state index contributed by atoms with van der Waals surface area (Å²) >= 11 is 0. The summed E-state index contributed by atoms with van der Waals surface area (Å²) in [5.41, 5.74) is 4.56. The van der Waals surface area contributed by atoms with Gasteiger partial charge in [-0.2, -0.15) is 0 Å². The fourth-order valence-electron chi connectivity index (χ4n) is 5.19. The molecule has 0 spiro atoms. The first-order chi connectivity index (χ1) is 19.7. The van der Waals surface area contributed by atoms with Crippen LogP contribution in [0, 0.1) is 0 Å². The first-order valence-corrected chi connectivity index (χ1v) is 15.7. The highest BCUT2D eigenvalue weighted by Crippen LogP contribution is 2.34. The van der Waals surface area contributed by atoms with Crippen molar-refractivity contribution in [1.82, 2.24) is 5.32 Å². The summed E-state index contributed by atoms with van der Waals surface area (Å²) in [5, 5.41) is 19.6. The predicted molar refractivity (Wildman–Crippen MR) is 162 cm³/mol. The number of carbonyl (C=O) groups is 1. The molecule has 1 aliphatic rings. The van der Waals surface area contributed by atoms with Gasteiger partial charge in [-0.15, -0.1) is 0 Å². The smallest absolute Gasteiger partial charge is 0.251 e. The molecule has 1 aliphatic heterocycles. The fraction of sp³-hybridized carbons (Fsp3) is 0.387. The first kappa shape index (κ1) is 30.4. The van der Waals surface area contributed by atoms with E-state index in [0.717, 1.165) is 28.1 Å². The number of nitrogens with one attached hydrogen (secondary N) is 2. The third-order valence-corrected chi connectivity index (χ3v) is 9.28. The van der Waals surface area contributed by atoms with Gasteiger partial charge in [-0.3, -0.25) is 9.10 Å². The lowest BCUT2D eigenvalue weighted by molar-refractivity contribution is -0.676. The molecule has 2 atom stereocenters. The van der Waals surface area contributed by atoms with Crippen molar-refractivity contribution in [3.8, 4) is 5.75 Å². The zero-order chi connectivity index (χ0) is 29.4. The van der Waals surface area contributed by atoms with Crippen molar-refractivity contribution in [2.45, 2.75) is 44.9 Å². The molecule has 0 saturated heterocycles. The molecule has 3 aromatic carbocycles. The molecule has 1 amide bonds. The zero-order valence-electron chi connectivity index (χ0n) is 24.0. The molecule has 9 nitrogen and oxygen atoms in total. The highest BCUT2D eigenvalue weighted by atomic mass is 32.2. The number of fused-ring (bicyclic) bond motifs is 1. The Morgan fingerprint density at radius 3 is 2.59 bits per heavy atom. The maximum atomic E-state index is 13.7. The van der Waals surface area contributed by atoms with Gasteiger partial charge in [0.1, 0.15) is 24.9 Å². The largest absolute Gasteiger partial charge is 0.497 e. The van der Waals surface area contributed by atoms with Crippen LogP contribution in [0.3, 0.4) is 0 Å². The number of hydrogen-bond donors (Lipinski definition) is 4. The normalized spacial score (nSPS) is 15.8. The number of sulfonamides is 1. The first-order valence-electron chi connectivity index (χ1n) is 14.1. The van der Waals surface area contributed by atoms with Crippen LogP contribution < -0.4 is 25.0 Å². The molecule has 3 aromatic rings. The fourth-order valence-corrected chi connectivity index (χ4v) is 6.43. The number of carbonyl (C=O) groups excluding carboxylic acids is 1. The molecule has 220 valence electrons. The highest BCUT2D eigenvalue weighted by molar-refractivity contribution is 7.92. The van der Waals surface area contributed by atoms with Crippen LogP contribution >= 0.6 is 0 Å². The SMILES string of the molecule is CCNc1cc(C(=O)N[C@@H](Cc2ccccc2)[C@H](O)C[NH2+]Cc2cccc(OC)c2)cc2c1CCCS(=O)(=O)N2C. The average molecular weight is 582 g/mol. The van der Waals surface area contributed by atoms with Crippen molar-refractivity contribution in [1.29, 1.82) is 0 Å². The maximum absolute atomic E-state index is 13.7. The van der Waals surface area contributed by atoms with Crippen molar-refractivity contribution in [2.75, 3.05) is 42.6 Å². The molecule has 41 heavy (non-hydrogen) atoms. The highest BCUT2D eigenvalue weighted by Gasteiger charge is 2.29. The molecule has 1 heterocycles. The van der Waals surface area contributed by atoms with Gasteiger partial charge in [0.05, 0.1) is 24.6 Å². The molecular weight excluding hydrogens is 540 g/mol. The number of methoxy groups -OCH3 is 1. The molecule has 4 rings (SSSR count). The number of benzene rings is 3. The van der Waals surface area contributed by atoms with Crippen LogP contribution in [0.1, 0.15) is 40.4 Å². The van der Waals surface area contributed by atoms with Gasteiger partial charge in [0, 0.05) is 30.4 Å². The standard InChI is InChI=1S/C31H40N4O5S/c1-4-33-27-18-24(19-29-26(27)14-9-15-41(38,39)35(29)2)31(37)34-28(17-22-10-6-5-7-11-22)30(36)21-32-20-23-12-8-13-25(16-23)40-3/h5-8,10-13,16,18-19,28,30,32-33,36H,4,9,14-15,17,20-21H2,1-3H3,(H,34,37)/p+1/t28-,30+/m0/s1. The average Bonchev–Trinajstić information content (AvgIpc) is 3.08. The van der Waals surface area contributed by atoms with E-state index < -0.39 is 22.2 Å². The van der Waals surface area contributed by atoms with Crippen molar-refractivity contribution in [2.24, 2.45) is 0 Å². The van der Waals surface area contributed by atoms with E-state index >= 15 is 0 Å². The Kier molecular flexibility index (Phi) is 10.3. The van der Waals surface area contributed by atoms with E-state index in [-0.39, 0.29) is 11.7 Å². The van der Waals surface area contributed by atoms with E-state index in [2.05, 4.69) is 10.6 Å². The minimum Gasteiger partial charge on any atom is -0.497 e. The molecule has 0 aliphatic carbocycles. The van der Waals surface area contributed by atoms with Gasteiger partial charge >= 0.3 is 0 Å². The van der Waals surface area contributed by atoms with Crippen molar-refractivity contribution in [3.63, 3.8) is 0 Å². The number of nitrogens with two attached hydrogens (primary N) is 1. The second-order valence-electron chi connectivity index (χ2n) is 10.4. The van der Waals surface area contributed by atoms with Crippen molar-refractivity contribution >= 4 is 27.3 Å². The summed E-state index contributed by atoms with van der Waals surface area (Å²) in [6.45, 7) is 3.62. The molecule has 0 fully saturated rings. The monoisotopic (exact) mass is 581 g/mol. The van der Waals surface area contributed by atoms with Crippen LogP contribution in [0.15, 0.2) is 66.7 Å². The number of ether oxygens (including phenoxy) is 1. The van der Waals surface area contributed by atoms with E-state index in [4.69, 9.17) is 4.74 Å². The third-order valence-electron chi connectivity index (χ3n) is 7.44. The van der Waals surface area contributed by atoms with Crippen LogP contribution in [0.4, 0.5) is 11.4 Å². The van der Waals surface area contributed by atoms with Crippen LogP contribution in [0.5, 0.6) is 5.75 Å². The molecule has 0 bridgehead atoms. The summed E-state index contributed by atoms with van der Waals surface area (Å²) in [6.07, 6.45) is 0.727. The number of aliphatic hydroxyl groups is 1. The third kappa shape index (κ3) is 7.78. The lowest BCUT2D eigenvalue weighted by atomic mass is 9.99. The van der Waals surface area contributed by atoms with Gasteiger partial charge in [0.2, 0.25) is 10.0 Å². The summed E-state index contributed by atoms with van der Waals surface area (Å²) in [4.78, 5) is 13.7. The second-order valence-corrected chi connectivity index (χ2v) is 12.5. The Bertz CT molecular complexity index is 1430. The molecular formula is C31H41N4O5S+. The van der Waals surface area contributed by atoms with E-state index in [1.54, 1.807) is 19.2 Å². The lowest BCUT2D eigenvalue weighted by Crippen LogP contribution is -2.85. The molecule has 0 saturated carbocycles. The number of aliphatic hydroxyl groups excluding tert-OH is 1. The maximum Gasteiger partial charge on any atom is 0.251 e. The number of hydrogen-bond acceptors (Lipinski definition) is 6. The molecule has 0 unspecified atom stereocenters. The quantitative estimate of drug-likeness (QED) is 0.260. The Balaban J connectivity index is 1.56. The minimum atomic E-state index is -3.48. The van der Waals surface area contributed by atoms with E-state index in [9.17, 15) is 18.3 Å². The van der Waals surface area contributed by atoms with Gasteiger partial charge in [-0.05, 0) is 61.6 Å². The second kappa shape index (κ2) is 13.8. The lowest BCUT2D eigenvalue weighted by Gasteiger charge is -2.25. The van der Waals surface area contributed by atoms with Crippen LogP contribution in [-0.4, -0.2) is 64.6 Å².